The Hall–Kier alpha value is -2.21. The number of hydrogen-bond acceptors (Lipinski definition) is 5. The van der Waals surface area contributed by atoms with E-state index >= 15 is 0 Å². The van der Waals surface area contributed by atoms with Gasteiger partial charge in [0.1, 0.15) is 0 Å². The van der Waals surface area contributed by atoms with E-state index in [2.05, 4.69) is 22.3 Å². The third kappa shape index (κ3) is 3.31. The molecule has 6 nitrogen and oxygen atoms in total. The summed E-state index contributed by atoms with van der Waals surface area (Å²) in [5.41, 5.74) is 1.25. The second-order valence-electron chi connectivity index (χ2n) is 7.14. The standard InChI is InChI=1S/C19H23N3O3/c1-12(2)17-20-21-18(25-17)16-11-22(8-9-24-16)19(23)15-10-14(15)13-6-4-3-5-7-13/h3-7,12,14-16H,8-11H2,1-2H3. The van der Waals surface area contributed by atoms with Gasteiger partial charge in [-0.25, -0.2) is 0 Å². The first kappa shape index (κ1) is 16.3. The Morgan fingerprint density at radius 3 is 2.76 bits per heavy atom. The fourth-order valence-corrected chi connectivity index (χ4v) is 3.38. The van der Waals surface area contributed by atoms with Crippen LogP contribution in [0.2, 0.25) is 0 Å². The highest BCUT2D eigenvalue weighted by atomic mass is 16.5. The van der Waals surface area contributed by atoms with E-state index in [1.807, 2.05) is 36.9 Å². The minimum atomic E-state index is -0.327. The lowest BCUT2D eigenvalue weighted by Gasteiger charge is -2.31. The average Bonchev–Trinajstić information content (AvgIpc) is 3.29. The zero-order valence-electron chi connectivity index (χ0n) is 14.6. The maximum atomic E-state index is 12.8. The van der Waals surface area contributed by atoms with Gasteiger partial charge < -0.3 is 14.1 Å². The van der Waals surface area contributed by atoms with Crippen molar-refractivity contribution in [2.45, 2.75) is 38.2 Å². The molecule has 2 aliphatic rings. The molecule has 1 aliphatic heterocycles. The molecule has 2 fully saturated rings. The van der Waals surface area contributed by atoms with Crippen LogP contribution in [0.25, 0.3) is 0 Å². The largest absolute Gasteiger partial charge is 0.422 e. The van der Waals surface area contributed by atoms with E-state index in [0.29, 0.717) is 37.4 Å². The molecule has 132 valence electrons. The summed E-state index contributed by atoms with van der Waals surface area (Å²) in [6.07, 6.45) is 0.606. The van der Waals surface area contributed by atoms with Crippen LogP contribution in [-0.2, 0) is 9.53 Å². The van der Waals surface area contributed by atoms with Crippen LogP contribution < -0.4 is 0 Å². The Labute approximate surface area is 147 Å². The summed E-state index contributed by atoms with van der Waals surface area (Å²) >= 11 is 0. The van der Waals surface area contributed by atoms with Gasteiger partial charge in [-0.2, -0.15) is 0 Å². The van der Waals surface area contributed by atoms with Gasteiger partial charge in [-0.1, -0.05) is 44.2 Å². The lowest BCUT2D eigenvalue weighted by Crippen LogP contribution is -2.43. The molecule has 4 rings (SSSR count). The first-order chi connectivity index (χ1) is 12.1. The van der Waals surface area contributed by atoms with Crippen molar-refractivity contribution < 1.29 is 13.9 Å². The van der Waals surface area contributed by atoms with Crippen molar-refractivity contribution in [3.8, 4) is 0 Å². The molecule has 1 aromatic carbocycles. The fourth-order valence-electron chi connectivity index (χ4n) is 3.38. The number of nitrogens with zero attached hydrogens (tertiary/aromatic N) is 3. The molecular weight excluding hydrogens is 318 g/mol. The van der Waals surface area contributed by atoms with E-state index in [1.165, 1.54) is 5.56 Å². The van der Waals surface area contributed by atoms with Gasteiger partial charge in [0.15, 0.2) is 6.10 Å². The number of benzene rings is 1. The monoisotopic (exact) mass is 341 g/mol. The van der Waals surface area contributed by atoms with Gasteiger partial charge in [0.2, 0.25) is 17.7 Å². The number of aromatic nitrogens is 2. The molecule has 1 aliphatic carbocycles. The number of morpholine rings is 1. The maximum Gasteiger partial charge on any atom is 0.247 e. The molecule has 25 heavy (non-hydrogen) atoms. The highest BCUT2D eigenvalue weighted by molar-refractivity contribution is 5.83. The van der Waals surface area contributed by atoms with Gasteiger partial charge in [-0.3, -0.25) is 4.79 Å². The second kappa shape index (κ2) is 6.59. The molecule has 0 bridgehead atoms. The normalized spacial score (nSPS) is 26.0. The third-order valence-corrected chi connectivity index (χ3v) is 4.94. The van der Waals surface area contributed by atoms with E-state index in [1.54, 1.807) is 0 Å². The Kier molecular flexibility index (Phi) is 4.29. The zero-order chi connectivity index (χ0) is 17.4. The highest BCUT2D eigenvalue weighted by Gasteiger charge is 2.46. The predicted molar refractivity (Wildman–Crippen MR) is 91.0 cm³/mol. The van der Waals surface area contributed by atoms with Gasteiger partial charge >= 0.3 is 0 Å². The summed E-state index contributed by atoms with van der Waals surface area (Å²) in [5, 5.41) is 8.16. The first-order valence-electron chi connectivity index (χ1n) is 8.92. The quantitative estimate of drug-likeness (QED) is 0.855. The van der Waals surface area contributed by atoms with Gasteiger partial charge in [-0.05, 0) is 17.9 Å². The Bertz CT molecular complexity index is 743. The van der Waals surface area contributed by atoms with E-state index in [4.69, 9.17) is 9.15 Å². The van der Waals surface area contributed by atoms with E-state index in [0.717, 1.165) is 6.42 Å². The Morgan fingerprint density at radius 2 is 2.04 bits per heavy atom. The van der Waals surface area contributed by atoms with E-state index < -0.39 is 0 Å². The number of amides is 1. The minimum Gasteiger partial charge on any atom is -0.422 e. The Morgan fingerprint density at radius 1 is 1.24 bits per heavy atom. The van der Waals surface area contributed by atoms with Crippen LogP contribution in [0.3, 0.4) is 0 Å². The number of rotatable bonds is 4. The topological polar surface area (TPSA) is 68.5 Å². The third-order valence-electron chi connectivity index (χ3n) is 4.94. The van der Waals surface area contributed by atoms with Crippen LogP contribution >= 0.6 is 0 Å². The van der Waals surface area contributed by atoms with Crippen molar-refractivity contribution in [2.24, 2.45) is 5.92 Å². The van der Waals surface area contributed by atoms with E-state index in [-0.39, 0.29) is 23.8 Å². The van der Waals surface area contributed by atoms with Crippen LogP contribution in [0.4, 0.5) is 0 Å². The lowest BCUT2D eigenvalue weighted by atomic mass is 10.1. The van der Waals surface area contributed by atoms with Gasteiger partial charge in [-0.15, -0.1) is 10.2 Å². The zero-order valence-corrected chi connectivity index (χ0v) is 14.6. The molecule has 3 atom stereocenters. The van der Waals surface area contributed by atoms with Crippen molar-refractivity contribution in [3.63, 3.8) is 0 Å². The molecule has 0 N–H and O–H groups in total. The summed E-state index contributed by atoms with van der Waals surface area (Å²) in [6.45, 7) is 5.62. The molecule has 3 unspecified atom stereocenters. The molecule has 0 radical (unpaired) electrons. The summed E-state index contributed by atoms with van der Waals surface area (Å²) in [5.74, 6) is 1.91. The number of carbonyl (C=O) groups is 1. The first-order valence-corrected chi connectivity index (χ1v) is 8.92. The van der Waals surface area contributed by atoms with Crippen LogP contribution in [0.15, 0.2) is 34.7 Å². The van der Waals surface area contributed by atoms with Crippen LogP contribution in [0.5, 0.6) is 0 Å². The molecule has 1 saturated heterocycles. The SMILES string of the molecule is CC(C)c1nnc(C2CN(C(=O)C3CC3c3ccccc3)CCO2)o1. The van der Waals surface area contributed by atoms with Crippen molar-refractivity contribution in [1.82, 2.24) is 15.1 Å². The van der Waals surface area contributed by atoms with Crippen LogP contribution in [0, 0.1) is 5.92 Å². The van der Waals surface area contributed by atoms with Crippen molar-refractivity contribution in [3.05, 3.63) is 47.7 Å². The summed E-state index contributed by atoms with van der Waals surface area (Å²) in [7, 11) is 0. The number of ether oxygens (including phenoxy) is 1. The smallest absolute Gasteiger partial charge is 0.247 e. The summed E-state index contributed by atoms with van der Waals surface area (Å²) in [4.78, 5) is 14.7. The molecule has 1 aromatic heterocycles. The van der Waals surface area contributed by atoms with Gasteiger partial charge in [0, 0.05) is 18.4 Å². The van der Waals surface area contributed by atoms with Crippen molar-refractivity contribution in [1.29, 1.82) is 0 Å². The second-order valence-corrected chi connectivity index (χ2v) is 7.14. The molecule has 0 spiro atoms. The molecular formula is C19H23N3O3. The highest BCUT2D eigenvalue weighted by Crippen LogP contribution is 2.48. The predicted octanol–water partition coefficient (Wildman–Crippen LogP) is 2.90. The van der Waals surface area contributed by atoms with Gasteiger partial charge in [0.05, 0.1) is 13.2 Å². The maximum absolute atomic E-state index is 12.8. The van der Waals surface area contributed by atoms with Crippen molar-refractivity contribution in [2.75, 3.05) is 19.7 Å². The molecule has 1 amide bonds. The molecule has 2 heterocycles. The lowest BCUT2D eigenvalue weighted by molar-refractivity contribution is -0.141. The fraction of sp³-hybridized carbons (Fsp3) is 0.526. The molecule has 6 heteroatoms. The molecule has 2 aromatic rings. The van der Waals surface area contributed by atoms with Crippen molar-refractivity contribution >= 4 is 5.91 Å². The average molecular weight is 341 g/mol. The summed E-state index contributed by atoms with van der Waals surface area (Å²) < 4.78 is 11.5. The van der Waals surface area contributed by atoms with Crippen LogP contribution in [0.1, 0.15) is 55.6 Å². The van der Waals surface area contributed by atoms with Crippen LogP contribution in [-0.4, -0.2) is 40.7 Å². The molecule has 1 saturated carbocycles. The van der Waals surface area contributed by atoms with E-state index in [9.17, 15) is 4.79 Å². The Balaban J connectivity index is 1.40. The summed E-state index contributed by atoms with van der Waals surface area (Å²) in [6, 6.07) is 10.3. The number of hydrogen-bond donors (Lipinski definition) is 0. The van der Waals surface area contributed by atoms with Gasteiger partial charge in [0.25, 0.3) is 0 Å². The minimum absolute atomic E-state index is 0.0926. The number of carbonyl (C=O) groups excluding carboxylic acids is 1.